The van der Waals surface area contributed by atoms with Crippen molar-refractivity contribution in [2.24, 2.45) is 10.9 Å². The van der Waals surface area contributed by atoms with E-state index in [1.165, 1.54) is 6.42 Å². The zero-order chi connectivity index (χ0) is 15.1. The third-order valence-corrected chi connectivity index (χ3v) is 3.45. The second kappa shape index (κ2) is 9.83. The van der Waals surface area contributed by atoms with Crippen LogP contribution in [0.5, 0.6) is 5.88 Å². The van der Waals surface area contributed by atoms with Gasteiger partial charge >= 0.3 is 0 Å². The molecule has 6 nitrogen and oxygen atoms in total. The number of rotatable bonds is 7. The highest BCUT2D eigenvalue weighted by molar-refractivity contribution is 14.0. The number of hydrogen-bond donors (Lipinski definition) is 2. The second-order valence-electron chi connectivity index (χ2n) is 5.24. The fourth-order valence-electron chi connectivity index (χ4n) is 1.91. The number of guanidine groups is 1. The first kappa shape index (κ1) is 19.0. The van der Waals surface area contributed by atoms with Crippen molar-refractivity contribution in [3.05, 3.63) is 23.9 Å². The molecule has 1 fully saturated rings. The number of aromatic nitrogens is 1. The Morgan fingerprint density at radius 3 is 2.73 bits per heavy atom. The van der Waals surface area contributed by atoms with Gasteiger partial charge in [0.25, 0.3) is 0 Å². The van der Waals surface area contributed by atoms with Gasteiger partial charge in [0.2, 0.25) is 5.88 Å². The summed E-state index contributed by atoms with van der Waals surface area (Å²) in [6.45, 7) is 3.99. The molecule has 1 aromatic heterocycles. The van der Waals surface area contributed by atoms with Crippen LogP contribution in [0.3, 0.4) is 0 Å². The monoisotopic (exact) mass is 420 g/mol. The van der Waals surface area contributed by atoms with Gasteiger partial charge in [0.05, 0.1) is 6.61 Å². The lowest BCUT2D eigenvalue weighted by molar-refractivity contribution is 0.143. The molecule has 0 amide bonds. The van der Waals surface area contributed by atoms with E-state index in [0.717, 1.165) is 17.4 Å². The summed E-state index contributed by atoms with van der Waals surface area (Å²) in [6.07, 6.45) is 3.03. The van der Waals surface area contributed by atoms with Crippen molar-refractivity contribution in [1.29, 1.82) is 0 Å². The van der Waals surface area contributed by atoms with Crippen molar-refractivity contribution in [3.63, 3.8) is 0 Å². The first-order valence-electron chi connectivity index (χ1n) is 7.26. The first-order valence-corrected chi connectivity index (χ1v) is 7.26. The molecule has 1 saturated carbocycles. The largest absolute Gasteiger partial charge is 0.475 e. The van der Waals surface area contributed by atoms with Crippen LogP contribution < -0.4 is 15.4 Å². The number of nitrogens with one attached hydrogen (secondary N) is 2. The topological polar surface area (TPSA) is 67.8 Å². The smallest absolute Gasteiger partial charge is 0.213 e. The van der Waals surface area contributed by atoms with Crippen molar-refractivity contribution in [1.82, 2.24) is 15.6 Å². The number of aliphatic imine (C=N–C) groups is 1. The van der Waals surface area contributed by atoms with Gasteiger partial charge < -0.3 is 20.1 Å². The molecule has 7 heteroatoms. The van der Waals surface area contributed by atoms with Gasteiger partial charge in [-0.2, -0.15) is 0 Å². The molecule has 2 N–H and O–H groups in total. The Morgan fingerprint density at radius 2 is 2.18 bits per heavy atom. The number of nitrogens with zero attached hydrogens (tertiary/aromatic N) is 2. The van der Waals surface area contributed by atoms with Gasteiger partial charge in [0.1, 0.15) is 6.61 Å². The lowest BCUT2D eigenvalue weighted by atomic mass is 10.3. The van der Waals surface area contributed by atoms with Crippen molar-refractivity contribution in [3.8, 4) is 5.88 Å². The van der Waals surface area contributed by atoms with Crippen LogP contribution >= 0.6 is 24.0 Å². The molecule has 1 aromatic rings. The van der Waals surface area contributed by atoms with Gasteiger partial charge in [-0.3, -0.25) is 4.99 Å². The van der Waals surface area contributed by atoms with Crippen LogP contribution in [0.1, 0.15) is 18.9 Å². The molecule has 0 aliphatic heterocycles. The summed E-state index contributed by atoms with van der Waals surface area (Å²) in [6, 6.07) is 4.42. The molecule has 0 aromatic carbocycles. The van der Waals surface area contributed by atoms with E-state index in [2.05, 4.69) is 27.5 Å². The highest BCUT2D eigenvalue weighted by Gasteiger charge is 2.33. The molecule has 0 spiro atoms. The number of halogens is 1. The fraction of sp³-hybridized carbons (Fsp3) is 0.600. The summed E-state index contributed by atoms with van der Waals surface area (Å²) in [7, 11) is 3.43. The Morgan fingerprint density at radius 1 is 1.41 bits per heavy atom. The molecule has 1 heterocycles. The zero-order valence-electron chi connectivity index (χ0n) is 13.3. The molecular weight excluding hydrogens is 395 g/mol. The molecule has 1 aliphatic rings. The minimum atomic E-state index is 0. The van der Waals surface area contributed by atoms with E-state index in [1.54, 1.807) is 14.2 Å². The minimum Gasteiger partial charge on any atom is -0.475 e. The van der Waals surface area contributed by atoms with Crippen molar-refractivity contribution >= 4 is 29.9 Å². The van der Waals surface area contributed by atoms with Crippen LogP contribution in [-0.4, -0.2) is 44.4 Å². The Balaban J connectivity index is 0.00000242. The minimum absolute atomic E-state index is 0. The van der Waals surface area contributed by atoms with Crippen molar-refractivity contribution < 1.29 is 9.47 Å². The normalized spacial score (nSPS) is 20.0. The van der Waals surface area contributed by atoms with Gasteiger partial charge in [-0.1, -0.05) is 13.0 Å². The third kappa shape index (κ3) is 6.35. The molecule has 0 saturated heterocycles. The molecule has 0 radical (unpaired) electrons. The summed E-state index contributed by atoms with van der Waals surface area (Å²) in [4.78, 5) is 8.48. The average Bonchev–Trinajstić information content (AvgIpc) is 3.20. The summed E-state index contributed by atoms with van der Waals surface area (Å²) >= 11 is 0. The van der Waals surface area contributed by atoms with Gasteiger partial charge in [-0.15, -0.1) is 24.0 Å². The Kier molecular flexibility index (Phi) is 8.47. The Hall–Kier alpha value is -1.09. The van der Waals surface area contributed by atoms with E-state index in [1.807, 2.05) is 18.3 Å². The van der Waals surface area contributed by atoms with E-state index in [4.69, 9.17) is 9.47 Å². The quantitative estimate of drug-likeness (QED) is 0.305. The maximum absolute atomic E-state index is 5.43. The Bertz CT molecular complexity index is 467. The van der Waals surface area contributed by atoms with E-state index in [9.17, 15) is 0 Å². The fourth-order valence-corrected chi connectivity index (χ4v) is 1.91. The maximum Gasteiger partial charge on any atom is 0.213 e. The number of ether oxygens (including phenoxy) is 2. The molecule has 0 bridgehead atoms. The second-order valence-corrected chi connectivity index (χ2v) is 5.24. The predicted octanol–water partition coefficient (Wildman–Crippen LogP) is 1.80. The number of pyridine rings is 1. The highest BCUT2D eigenvalue weighted by Crippen LogP contribution is 2.28. The molecular formula is C15H25IN4O2. The van der Waals surface area contributed by atoms with Gasteiger partial charge in [-0.25, -0.2) is 4.98 Å². The molecule has 124 valence electrons. The van der Waals surface area contributed by atoms with Crippen molar-refractivity contribution in [2.75, 3.05) is 27.4 Å². The molecule has 2 rings (SSSR count). The zero-order valence-corrected chi connectivity index (χ0v) is 15.7. The van der Waals surface area contributed by atoms with Crippen LogP contribution in [0.4, 0.5) is 0 Å². The van der Waals surface area contributed by atoms with Crippen LogP contribution in [0.15, 0.2) is 23.3 Å². The van der Waals surface area contributed by atoms with E-state index < -0.39 is 0 Å². The summed E-state index contributed by atoms with van der Waals surface area (Å²) in [5.74, 6) is 2.20. The van der Waals surface area contributed by atoms with Crippen LogP contribution in [0, 0.1) is 5.92 Å². The van der Waals surface area contributed by atoms with Crippen LogP contribution in [0.2, 0.25) is 0 Å². The number of hydrogen-bond acceptors (Lipinski definition) is 4. The standard InChI is InChI=1S/C15H24N4O2.HI/c1-11-8-13(11)19-15(16-2)18-10-12-4-5-14(17-9-12)21-7-6-20-3;/h4-5,9,11,13H,6-8,10H2,1-3H3,(H2,16,18,19);1H. The molecule has 2 unspecified atom stereocenters. The van der Waals surface area contributed by atoms with Crippen LogP contribution in [0.25, 0.3) is 0 Å². The van der Waals surface area contributed by atoms with Crippen molar-refractivity contribution in [2.45, 2.75) is 25.9 Å². The molecule has 1 aliphatic carbocycles. The van der Waals surface area contributed by atoms with Crippen LogP contribution in [-0.2, 0) is 11.3 Å². The highest BCUT2D eigenvalue weighted by atomic mass is 127. The third-order valence-electron chi connectivity index (χ3n) is 3.45. The maximum atomic E-state index is 5.43. The SMILES string of the molecule is CN=C(NCc1ccc(OCCOC)nc1)NC1CC1C.I. The van der Waals surface area contributed by atoms with E-state index in [-0.39, 0.29) is 24.0 Å². The lowest BCUT2D eigenvalue weighted by Crippen LogP contribution is -2.38. The molecule has 22 heavy (non-hydrogen) atoms. The summed E-state index contributed by atoms with van der Waals surface area (Å²) in [5, 5.41) is 6.67. The van der Waals surface area contributed by atoms with Gasteiger partial charge in [-0.05, 0) is 17.9 Å². The van der Waals surface area contributed by atoms with E-state index >= 15 is 0 Å². The van der Waals surface area contributed by atoms with Gasteiger partial charge in [0.15, 0.2) is 5.96 Å². The van der Waals surface area contributed by atoms with Gasteiger partial charge in [0, 0.05) is 39.0 Å². The van der Waals surface area contributed by atoms with E-state index in [0.29, 0.717) is 31.7 Å². The summed E-state index contributed by atoms with van der Waals surface area (Å²) in [5.41, 5.74) is 1.08. The lowest BCUT2D eigenvalue weighted by Gasteiger charge is -2.11. The number of methoxy groups -OCH3 is 1. The average molecular weight is 420 g/mol. The Labute approximate surface area is 149 Å². The molecule has 2 atom stereocenters. The summed E-state index contributed by atoms with van der Waals surface area (Å²) < 4.78 is 10.4. The predicted molar refractivity (Wildman–Crippen MR) is 97.9 cm³/mol. The first-order chi connectivity index (χ1) is 10.2.